The molecule has 3 nitrogen and oxygen atoms in total. The zero-order chi connectivity index (χ0) is 9.42. The molecule has 0 spiro atoms. The van der Waals surface area contributed by atoms with Crippen LogP contribution in [0.15, 0.2) is 12.7 Å². The summed E-state index contributed by atoms with van der Waals surface area (Å²) in [5.41, 5.74) is 0. The van der Waals surface area contributed by atoms with Crippen molar-refractivity contribution in [3.63, 3.8) is 0 Å². The largest absolute Gasteiger partial charge is 0.349 e. The van der Waals surface area contributed by atoms with Gasteiger partial charge in [0.05, 0.1) is 6.04 Å². The van der Waals surface area contributed by atoms with E-state index in [1.807, 2.05) is 6.92 Å². The van der Waals surface area contributed by atoms with Gasteiger partial charge in [0.15, 0.2) is 0 Å². The fraction of sp³-hybridized carbons (Fsp3) is 0.700. The minimum absolute atomic E-state index is 0. The first-order chi connectivity index (χ1) is 6.20. The van der Waals surface area contributed by atoms with Crippen LogP contribution < -0.4 is 10.6 Å². The second kappa shape index (κ2) is 4.32. The lowest BCUT2D eigenvalue weighted by Crippen LogP contribution is -2.44. The number of hydrogen-bond acceptors (Lipinski definition) is 2. The van der Waals surface area contributed by atoms with E-state index in [1.165, 1.54) is 6.42 Å². The number of carbonyl (C=O) groups excluding carboxylic acids is 1. The van der Waals surface area contributed by atoms with Crippen LogP contribution in [-0.4, -0.2) is 24.0 Å². The van der Waals surface area contributed by atoms with Gasteiger partial charge in [-0.05, 0) is 25.7 Å². The summed E-state index contributed by atoms with van der Waals surface area (Å²) in [7, 11) is 0. The molecule has 1 aliphatic carbocycles. The van der Waals surface area contributed by atoms with Gasteiger partial charge in [0.25, 0.3) is 0 Å². The fourth-order valence-electron chi connectivity index (χ4n) is 1.91. The van der Waals surface area contributed by atoms with Crippen molar-refractivity contribution in [2.75, 3.05) is 0 Å². The van der Waals surface area contributed by atoms with Gasteiger partial charge in [-0.3, -0.25) is 4.79 Å². The fourth-order valence-corrected chi connectivity index (χ4v) is 1.91. The van der Waals surface area contributed by atoms with Crippen molar-refractivity contribution in [1.29, 1.82) is 0 Å². The van der Waals surface area contributed by atoms with E-state index in [9.17, 15) is 4.79 Å². The molecule has 2 aliphatic rings. The van der Waals surface area contributed by atoms with Gasteiger partial charge in [-0.2, -0.15) is 0 Å². The molecule has 0 aromatic rings. The summed E-state index contributed by atoms with van der Waals surface area (Å²) in [5.74, 6) is 0.898. The Morgan fingerprint density at radius 3 is 2.86 bits per heavy atom. The molecular formula is C10H17ClN2O. The van der Waals surface area contributed by atoms with Gasteiger partial charge < -0.3 is 10.6 Å². The highest BCUT2D eigenvalue weighted by Crippen LogP contribution is 2.40. The molecule has 2 N–H and O–H groups in total. The van der Waals surface area contributed by atoms with Gasteiger partial charge in [-0.25, -0.2) is 0 Å². The molecule has 80 valence electrons. The van der Waals surface area contributed by atoms with Crippen molar-refractivity contribution in [1.82, 2.24) is 10.6 Å². The number of amides is 1. The third-order valence-electron chi connectivity index (χ3n) is 2.92. The average Bonchev–Trinajstić information content (AvgIpc) is 2.73. The van der Waals surface area contributed by atoms with Crippen LogP contribution in [0, 0.1) is 5.92 Å². The van der Waals surface area contributed by atoms with Gasteiger partial charge >= 0.3 is 0 Å². The van der Waals surface area contributed by atoms with E-state index in [-0.39, 0.29) is 30.4 Å². The molecule has 14 heavy (non-hydrogen) atoms. The van der Waals surface area contributed by atoms with Crippen LogP contribution in [0.3, 0.4) is 0 Å². The normalized spacial score (nSPS) is 35.1. The standard InChI is InChI=1S/C10H16N2O.ClH/c1-3-6(2)11-10(13)9-5-7-4-8(7)12-9;/h3,6-9,12H,1,4-5H2,2H3,(H,11,13);1H/t6?,7-,8-,9+;/m1./s1. The number of halogens is 1. The van der Waals surface area contributed by atoms with Crippen LogP contribution in [0.5, 0.6) is 0 Å². The molecule has 0 bridgehead atoms. The van der Waals surface area contributed by atoms with E-state index in [0.29, 0.717) is 6.04 Å². The summed E-state index contributed by atoms with van der Waals surface area (Å²) in [4.78, 5) is 11.6. The Morgan fingerprint density at radius 1 is 1.64 bits per heavy atom. The molecular weight excluding hydrogens is 200 g/mol. The molecule has 1 saturated carbocycles. The van der Waals surface area contributed by atoms with E-state index in [4.69, 9.17) is 0 Å². The second-order valence-electron chi connectivity index (χ2n) is 4.09. The van der Waals surface area contributed by atoms with Crippen molar-refractivity contribution < 1.29 is 4.79 Å². The van der Waals surface area contributed by atoms with E-state index >= 15 is 0 Å². The van der Waals surface area contributed by atoms with E-state index in [0.717, 1.165) is 12.3 Å². The van der Waals surface area contributed by atoms with Crippen LogP contribution in [0.1, 0.15) is 19.8 Å². The Morgan fingerprint density at radius 2 is 2.36 bits per heavy atom. The van der Waals surface area contributed by atoms with Gasteiger partial charge in [0.2, 0.25) is 5.91 Å². The maximum atomic E-state index is 11.6. The minimum Gasteiger partial charge on any atom is -0.349 e. The van der Waals surface area contributed by atoms with Crippen LogP contribution in [0.4, 0.5) is 0 Å². The molecule has 1 unspecified atom stereocenters. The molecule has 2 rings (SSSR count). The minimum atomic E-state index is 0. The van der Waals surface area contributed by atoms with Gasteiger partial charge in [0, 0.05) is 12.1 Å². The highest BCUT2D eigenvalue weighted by Gasteiger charge is 2.47. The zero-order valence-corrected chi connectivity index (χ0v) is 9.14. The summed E-state index contributed by atoms with van der Waals surface area (Å²) in [5, 5.41) is 6.20. The maximum absolute atomic E-state index is 11.6. The van der Waals surface area contributed by atoms with E-state index in [2.05, 4.69) is 17.2 Å². The summed E-state index contributed by atoms with van der Waals surface area (Å²) in [6.45, 7) is 5.56. The highest BCUT2D eigenvalue weighted by molar-refractivity contribution is 5.85. The third kappa shape index (κ3) is 2.28. The van der Waals surface area contributed by atoms with E-state index in [1.54, 1.807) is 6.08 Å². The zero-order valence-electron chi connectivity index (χ0n) is 8.32. The summed E-state index contributed by atoms with van der Waals surface area (Å²) >= 11 is 0. The molecule has 2 fully saturated rings. The number of carbonyl (C=O) groups is 1. The van der Waals surface area contributed by atoms with Crippen LogP contribution in [-0.2, 0) is 4.79 Å². The first-order valence-electron chi connectivity index (χ1n) is 4.89. The molecule has 1 amide bonds. The van der Waals surface area contributed by atoms with Crippen LogP contribution >= 0.6 is 12.4 Å². The smallest absolute Gasteiger partial charge is 0.237 e. The lowest BCUT2D eigenvalue weighted by molar-refractivity contribution is -0.123. The first kappa shape index (κ1) is 11.5. The molecule has 0 aromatic carbocycles. The third-order valence-corrected chi connectivity index (χ3v) is 2.92. The van der Waals surface area contributed by atoms with Crippen molar-refractivity contribution in [2.45, 2.75) is 37.9 Å². The van der Waals surface area contributed by atoms with Gasteiger partial charge in [-0.1, -0.05) is 6.08 Å². The predicted molar refractivity (Wildman–Crippen MR) is 58.5 cm³/mol. The molecule has 0 radical (unpaired) electrons. The molecule has 1 aliphatic heterocycles. The van der Waals surface area contributed by atoms with Gasteiger partial charge in [-0.15, -0.1) is 19.0 Å². The predicted octanol–water partition coefficient (Wildman–Crippen LogP) is 0.849. The van der Waals surface area contributed by atoms with Crippen LogP contribution in [0.25, 0.3) is 0 Å². The molecule has 4 heteroatoms. The average molecular weight is 217 g/mol. The summed E-state index contributed by atoms with van der Waals surface area (Å²) < 4.78 is 0. The lowest BCUT2D eigenvalue weighted by atomic mass is 10.1. The SMILES string of the molecule is C=CC(C)NC(=O)[C@@H]1C[C@H]2C[C@H]2N1.Cl. The number of piperidine rings is 1. The highest BCUT2D eigenvalue weighted by atomic mass is 35.5. The molecule has 0 aromatic heterocycles. The number of fused-ring (bicyclic) bond motifs is 1. The quantitative estimate of drug-likeness (QED) is 0.687. The summed E-state index contributed by atoms with van der Waals surface area (Å²) in [6.07, 6.45) is 4.02. The van der Waals surface area contributed by atoms with Crippen molar-refractivity contribution in [3.05, 3.63) is 12.7 Å². The van der Waals surface area contributed by atoms with Crippen molar-refractivity contribution >= 4 is 18.3 Å². The van der Waals surface area contributed by atoms with E-state index < -0.39 is 0 Å². The maximum Gasteiger partial charge on any atom is 0.237 e. The Balaban J connectivity index is 0.000000980. The Hall–Kier alpha value is -0.540. The van der Waals surface area contributed by atoms with Crippen LogP contribution in [0.2, 0.25) is 0 Å². The Kier molecular flexibility index (Phi) is 3.56. The first-order valence-corrected chi connectivity index (χ1v) is 4.89. The number of nitrogens with one attached hydrogen (secondary N) is 2. The number of hydrogen-bond donors (Lipinski definition) is 2. The van der Waals surface area contributed by atoms with Crippen molar-refractivity contribution in [3.8, 4) is 0 Å². The second-order valence-corrected chi connectivity index (χ2v) is 4.09. The monoisotopic (exact) mass is 216 g/mol. The van der Waals surface area contributed by atoms with Crippen molar-refractivity contribution in [2.24, 2.45) is 5.92 Å². The summed E-state index contributed by atoms with van der Waals surface area (Å²) in [6, 6.07) is 0.757. The molecule has 4 atom stereocenters. The van der Waals surface area contributed by atoms with Gasteiger partial charge in [0.1, 0.15) is 0 Å². The Labute approximate surface area is 90.7 Å². The molecule has 1 saturated heterocycles. The number of rotatable bonds is 3. The Bertz CT molecular complexity index is 234. The lowest BCUT2D eigenvalue weighted by Gasteiger charge is -2.15. The topological polar surface area (TPSA) is 41.1 Å². The molecule has 1 heterocycles.